The molecule has 0 aliphatic heterocycles. The molecule has 0 aromatic heterocycles. The number of ether oxygens (including phenoxy) is 1. The van der Waals surface area contributed by atoms with Crippen molar-refractivity contribution >= 4 is 11.6 Å². The first-order chi connectivity index (χ1) is 9.63. The molecule has 1 aromatic rings. The monoisotopic (exact) mass is 297 g/mol. The molecule has 20 heavy (non-hydrogen) atoms. The number of rotatable bonds is 7. The first-order valence-electron chi connectivity index (χ1n) is 7.40. The highest BCUT2D eigenvalue weighted by Gasteiger charge is 2.20. The van der Waals surface area contributed by atoms with E-state index in [1.165, 1.54) is 19.3 Å². The molecule has 2 rings (SSSR count). The minimum Gasteiger partial charge on any atom is -0.491 e. The van der Waals surface area contributed by atoms with Gasteiger partial charge in [-0.15, -0.1) is 0 Å². The van der Waals surface area contributed by atoms with Crippen LogP contribution >= 0.6 is 11.6 Å². The van der Waals surface area contributed by atoms with Gasteiger partial charge in [0.15, 0.2) is 0 Å². The quantitative estimate of drug-likeness (QED) is 0.812. The number of aliphatic hydroxyl groups excluding tert-OH is 1. The molecule has 1 aliphatic carbocycles. The van der Waals surface area contributed by atoms with E-state index < -0.39 is 6.10 Å². The summed E-state index contributed by atoms with van der Waals surface area (Å²) in [7, 11) is 0. The molecule has 1 saturated carbocycles. The van der Waals surface area contributed by atoms with Gasteiger partial charge >= 0.3 is 0 Å². The van der Waals surface area contributed by atoms with Crippen LogP contribution in [0.25, 0.3) is 0 Å². The molecule has 0 saturated heterocycles. The van der Waals surface area contributed by atoms with Gasteiger partial charge in [0.1, 0.15) is 18.5 Å². The molecule has 4 heteroatoms. The van der Waals surface area contributed by atoms with Crippen molar-refractivity contribution in [3.8, 4) is 5.75 Å². The number of benzene rings is 1. The Morgan fingerprint density at radius 1 is 1.35 bits per heavy atom. The third kappa shape index (κ3) is 5.31. The molecule has 112 valence electrons. The van der Waals surface area contributed by atoms with E-state index in [1.54, 1.807) is 12.1 Å². The Morgan fingerprint density at radius 2 is 2.10 bits per heavy atom. The number of hydrogen-bond acceptors (Lipinski definition) is 3. The van der Waals surface area contributed by atoms with Crippen LogP contribution in [-0.4, -0.2) is 30.9 Å². The molecule has 0 amide bonds. The van der Waals surface area contributed by atoms with Crippen molar-refractivity contribution in [2.75, 3.05) is 19.7 Å². The Labute approximate surface area is 126 Å². The number of hydrogen-bond donors (Lipinski definition) is 2. The Morgan fingerprint density at radius 3 is 2.75 bits per heavy atom. The van der Waals surface area contributed by atoms with Gasteiger partial charge in [0.05, 0.1) is 0 Å². The van der Waals surface area contributed by atoms with Crippen LogP contribution in [0.1, 0.15) is 26.2 Å². The fraction of sp³-hybridized carbons (Fsp3) is 0.625. The molecule has 0 heterocycles. The fourth-order valence-electron chi connectivity index (χ4n) is 2.75. The van der Waals surface area contributed by atoms with Crippen molar-refractivity contribution < 1.29 is 9.84 Å². The summed E-state index contributed by atoms with van der Waals surface area (Å²) in [5, 5.41) is 13.9. The molecule has 3 unspecified atom stereocenters. The molecule has 1 aliphatic rings. The zero-order valence-electron chi connectivity index (χ0n) is 12.0. The molecular weight excluding hydrogens is 274 g/mol. The minimum absolute atomic E-state index is 0.301. The van der Waals surface area contributed by atoms with E-state index in [-0.39, 0.29) is 0 Å². The maximum absolute atomic E-state index is 9.88. The zero-order chi connectivity index (χ0) is 14.4. The number of aliphatic hydroxyl groups is 1. The maximum Gasteiger partial charge on any atom is 0.119 e. The molecule has 3 nitrogen and oxygen atoms in total. The van der Waals surface area contributed by atoms with Gasteiger partial charge in [0, 0.05) is 11.6 Å². The second-order valence-electron chi connectivity index (χ2n) is 5.86. The Bertz CT molecular complexity index is 396. The van der Waals surface area contributed by atoms with Gasteiger partial charge in [-0.2, -0.15) is 0 Å². The first kappa shape index (κ1) is 15.6. The van der Waals surface area contributed by atoms with Gasteiger partial charge in [-0.25, -0.2) is 0 Å². The highest BCUT2D eigenvalue weighted by molar-refractivity contribution is 6.30. The van der Waals surface area contributed by atoms with Crippen LogP contribution in [0.5, 0.6) is 5.75 Å². The molecule has 3 atom stereocenters. The van der Waals surface area contributed by atoms with Gasteiger partial charge < -0.3 is 15.2 Å². The Kier molecular flexibility index (Phi) is 6.14. The summed E-state index contributed by atoms with van der Waals surface area (Å²) in [6.07, 6.45) is 3.48. The van der Waals surface area contributed by atoms with Gasteiger partial charge in [-0.05, 0) is 55.5 Å². The predicted molar refractivity (Wildman–Crippen MR) is 82.3 cm³/mol. The average molecular weight is 298 g/mol. The van der Waals surface area contributed by atoms with Crippen molar-refractivity contribution in [2.24, 2.45) is 11.8 Å². The van der Waals surface area contributed by atoms with Crippen LogP contribution < -0.4 is 10.1 Å². The summed E-state index contributed by atoms with van der Waals surface area (Å²) < 4.78 is 5.51. The van der Waals surface area contributed by atoms with Gasteiger partial charge in [0.25, 0.3) is 0 Å². The summed E-state index contributed by atoms with van der Waals surface area (Å²) >= 11 is 5.80. The fourth-order valence-corrected chi connectivity index (χ4v) is 2.87. The third-order valence-electron chi connectivity index (χ3n) is 3.87. The van der Waals surface area contributed by atoms with Gasteiger partial charge in [-0.1, -0.05) is 24.9 Å². The SMILES string of the molecule is CC1CCC(CNCC(O)COc2ccc(Cl)cc2)C1. The molecule has 0 radical (unpaired) electrons. The smallest absolute Gasteiger partial charge is 0.119 e. The maximum atomic E-state index is 9.88. The van der Waals surface area contributed by atoms with E-state index in [2.05, 4.69) is 12.2 Å². The highest BCUT2D eigenvalue weighted by atomic mass is 35.5. The summed E-state index contributed by atoms with van der Waals surface area (Å²) in [4.78, 5) is 0. The lowest BCUT2D eigenvalue weighted by molar-refractivity contribution is 0.105. The zero-order valence-corrected chi connectivity index (χ0v) is 12.8. The average Bonchev–Trinajstić information content (AvgIpc) is 2.84. The summed E-state index contributed by atoms with van der Waals surface area (Å²) in [6.45, 7) is 4.20. The van der Waals surface area contributed by atoms with E-state index in [0.717, 1.165) is 24.1 Å². The molecule has 1 aromatic carbocycles. The lowest BCUT2D eigenvalue weighted by Crippen LogP contribution is -2.33. The van der Waals surface area contributed by atoms with Crippen LogP contribution in [0.4, 0.5) is 0 Å². The van der Waals surface area contributed by atoms with E-state index in [4.69, 9.17) is 16.3 Å². The first-order valence-corrected chi connectivity index (χ1v) is 7.78. The van der Waals surface area contributed by atoms with Crippen LogP contribution in [0, 0.1) is 11.8 Å². The van der Waals surface area contributed by atoms with Crippen LogP contribution in [0.2, 0.25) is 5.02 Å². The molecular formula is C16H24ClNO2. The van der Waals surface area contributed by atoms with Crippen LogP contribution in [-0.2, 0) is 0 Å². The molecule has 0 spiro atoms. The van der Waals surface area contributed by atoms with Crippen molar-refractivity contribution in [3.05, 3.63) is 29.3 Å². The summed E-state index contributed by atoms with van der Waals surface area (Å²) in [5.41, 5.74) is 0. The number of halogens is 1. The lowest BCUT2D eigenvalue weighted by Gasteiger charge is -2.15. The van der Waals surface area contributed by atoms with Crippen LogP contribution in [0.3, 0.4) is 0 Å². The van der Waals surface area contributed by atoms with Gasteiger partial charge in [0.2, 0.25) is 0 Å². The van der Waals surface area contributed by atoms with E-state index in [0.29, 0.717) is 18.2 Å². The Hall–Kier alpha value is -0.770. The largest absolute Gasteiger partial charge is 0.491 e. The van der Waals surface area contributed by atoms with Crippen molar-refractivity contribution in [2.45, 2.75) is 32.3 Å². The Balaban J connectivity index is 1.58. The molecule has 2 N–H and O–H groups in total. The van der Waals surface area contributed by atoms with Gasteiger partial charge in [-0.3, -0.25) is 0 Å². The lowest BCUT2D eigenvalue weighted by atomic mass is 10.1. The normalized spacial score (nSPS) is 23.8. The second kappa shape index (κ2) is 7.87. The van der Waals surface area contributed by atoms with E-state index in [1.807, 2.05) is 12.1 Å². The van der Waals surface area contributed by atoms with Crippen molar-refractivity contribution in [1.82, 2.24) is 5.32 Å². The number of nitrogens with one attached hydrogen (secondary N) is 1. The topological polar surface area (TPSA) is 41.5 Å². The van der Waals surface area contributed by atoms with E-state index in [9.17, 15) is 5.11 Å². The van der Waals surface area contributed by atoms with E-state index >= 15 is 0 Å². The van der Waals surface area contributed by atoms with Crippen molar-refractivity contribution in [1.29, 1.82) is 0 Å². The summed E-state index contributed by atoms with van der Waals surface area (Å²) in [5.74, 6) is 2.37. The predicted octanol–water partition coefficient (Wildman–Crippen LogP) is 3.11. The standard InChI is InChI=1S/C16H24ClNO2/c1-12-2-3-13(8-12)9-18-10-15(19)11-20-16-6-4-14(17)5-7-16/h4-7,12-13,15,18-19H,2-3,8-11H2,1H3. The third-order valence-corrected chi connectivity index (χ3v) is 4.12. The van der Waals surface area contributed by atoms with Crippen LogP contribution in [0.15, 0.2) is 24.3 Å². The minimum atomic E-state index is -0.482. The van der Waals surface area contributed by atoms with Crippen molar-refractivity contribution in [3.63, 3.8) is 0 Å². The molecule has 1 fully saturated rings. The summed E-state index contributed by atoms with van der Waals surface area (Å²) in [6, 6.07) is 7.18. The highest BCUT2D eigenvalue weighted by Crippen LogP contribution is 2.29. The molecule has 0 bridgehead atoms. The second-order valence-corrected chi connectivity index (χ2v) is 6.30.